The third-order valence-electron chi connectivity index (χ3n) is 3.78. The second-order valence-electron chi connectivity index (χ2n) is 5.74. The second-order valence-corrected chi connectivity index (χ2v) is 6.52. The molecule has 0 aliphatic heterocycles. The van der Waals surface area contributed by atoms with Crippen molar-refractivity contribution < 1.29 is 14.6 Å². The summed E-state index contributed by atoms with van der Waals surface area (Å²) < 4.78 is 7.07. The molecular formula is C19H17Cl2N3O3. The summed E-state index contributed by atoms with van der Waals surface area (Å²) in [6.45, 7) is 0.561. The van der Waals surface area contributed by atoms with Gasteiger partial charge in [-0.15, -0.1) is 0 Å². The van der Waals surface area contributed by atoms with Crippen LogP contribution in [0.1, 0.15) is 16.1 Å². The molecule has 2 N–H and O–H groups in total. The summed E-state index contributed by atoms with van der Waals surface area (Å²) in [5, 5.41) is 17.0. The molecule has 8 heteroatoms. The highest BCUT2D eigenvalue weighted by molar-refractivity contribution is 6.42. The van der Waals surface area contributed by atoms with Crippen molar-refractivity contribution in [1.82, 2.24) is 15.1 Å². The summed E-state index contributed by atoms with van der Waals surface area (Å²) in [4.78, 5) is 12.2. The smallest absolute Gasteiger partial charge is 0.271 e. The molecular weight excluding hydrogens is 389 g/mol. The number of nitrogens with one attached hydrogen (secondary N) is 1. The van der Waals surface area contributed by atoms with Crippen LogP contribution in [-0.4, -0.2) is 27.3 Å². The average Bonchev–Trinajstić information content (AvgIpc) is 3.14. The van der Waals surface area contributed by atoms with E-state index in [4.69, 9.17) is 27.9 Å². The van der Waals surface area contributed by atoms with Crippen LogP contribution in [0, 0.1) is 0 Å². The number of carbonyl (C=O) groups excluding carboxylic acids is 1. The maximum absolute atomic E-state index is 12.2. The number of hydrogen-bond acceptors (Lipinski definition) is 4. The van der Waals surface area contributed by atoms with Gasteiger partial charge in [0.25, 0.3) is 5.91 Å². The highest BCUT2D eigenvalue weighted by Gasteiger charge is 2.10. The highest BCUT2D eigenvalue weighted by atomic mass is 35.5. The summed E-state index contributed by atoms with van der Waals surface area (Å²) in [7, 11) is 0. The van der Waals surface area contributed by atoms with Crippen LogP contribution in [0.15, 0.2) is 54.7 Å². The second kappa shape index (κ2) is 8.79. The molecule has 1 amide bonds. The van der Waals surface area contributed by atoms with E-state index in [1.807, 2.05) is 12.1 Å². The Bertz CT molecular complexity index is 926. The minimum Gasteiger partial charge on any atom is -0.508 e. The molecule has 2 aromatic carbocycles. The number of hydrogen-bond donors (Lipinski definition) is 2. The first-order valence-electron chi connectivity index (χ1n) is 8.19. The molecule has 0 saturated carbocycles. The number of aromatic nitrogens is 2. The van der Waals surface area contributed by atoms with E-state index < -0.39 is 0 Å². The number of halogens is 2. The van der Waals surface area contributed by atoms with Gasteiger partial charge >= 0.3 is 0 Å². The number of phenolic OH excluding ortho intramolecular Hbond substituents is 1. The van der Waals surface area contributed by atoms with Crippen molar-refractivity contribution in [2.45, 2.75) is 13.2 Å². The van der Waals surface area contributed by atoms with E-state index in [2.05, 4.69) is 10.4 Å². The molecule has 6 nitrogen and oxygen atoms in total. The number of nitrogens with zero attached hydrogens (tertiary/aromatic N) is 2. The van der Waals surface area contributed by atoms with Gasteiger partial charge in [0.15, 0.2) is 6.73 Å². The van der Waals surface area contributed by atoms with Crippen molar-refractivity contribution in [1.29, 1.82) is 0 Å². The maximum Gasteiger partial charge on any atom is 0.271 e. The molecule has 3 aromatic rings. The molecule has 140 valence electrons. The van der Waals surface area contributed by atoms with Gasteiger partial charge in [-0.1, -0.05) is 41.4 Å². The van der Waals surface area contributed by atoms with E-state index in [0.29, 0.717) is 34.5 Å². The molecule has 3 rings (SSSR count). The molecule has 0 aliphatic carbocycles. The van der Waals surface area contributed by atoms with Gasteiger partial charge in [-0.25, -0.2) is 4.68 Å². The standard InChI is InChI=1S/C19H17Cl2N3O3/c20-15-2-1-3-17(18(15)21)27-12-24-11-9-16(23-24)19(26)22-10-8-13-4-6-14(25)7-5-13/h1-7,9,11,25H,8,10,12H2,(H,22,26). The van der Waals surface area contributed by atoms with E-state index in [1.165, 1.54) is 4.68 Å². The third-order valence-corrected chi connectivity index (χ3v) is 4.58. The van der Waals surface area contributed by atoms with Gasteiger partial charge in [-0.05, 0) is 42.3 Å². The van der Waals surface area contributed by atoms with Gasteiger partial charge in [0.1, 0.15) is 22.2 Å². The number of aromatic hydroxyl groups is 1. The lowest BCUT2D eigenvalue weighted by molar-refractivity contribution is 0.0947. The summed E-state index contributed by atoms with van der Waals surface area (Å²) >= 11 is 12.0. The van der Waals surface area contributed by atoms with Crippen LogP contribution in [0.4, 0.5) is 0 Å². The highest BCUT2D eigenvalue weighted by Crippen LogP contribution is 2.31. The zero-order valence-corrected chi connectivity index (χ0v) is 15.7. The molecule has 0 radical (unpaired) electrons. The number of ether oxygens (including phenoxy) is 1. The molecule has 0 saturated heterocycles. The Hall–Kier alpha value is -2.70. The van der Waals surface area contributed by atoms with Crippen molar-refractivity contribution >= 4 is 29.1 Å². The van der Waals surface area contributed by atoms with Crippen molar-refractivity contribution in [2.24, 2.45) is 0 Å². The first-order valence-corrected chi connectivity index (χ1v) is 8.95. The van der Waals surface area contributed by atoms with Gasteiger partial charge < -0.3 is 15.2 Å². The minimum absolute atomic E-state index is 0.0981. The Kier molecular flexibility index (Phi) is 6.21. The van der Waals surface area contributed by atoms with Crippen LogP contribution in [0.25, 0.3) is 0 Å². The van der Waals surface area contributed by atoms with Crippen LogP contribution < -0.4 is 10.1 Å². The van der Waals surface area contributed by atoms with Gasteiger partial charge in [-0.2, -0.15) is 5.10 Å². The minimum atomic E-state index is -0.270. The van der Waals surface area contributed by atoms with Crippen molar-refractivity contribution in [3.8, 4) is 11.5 Å². The van der Waals surface area contributed by atoms with Gasteiger partial charge in [-0.3, -0.25) is 4.79 Å². The van der Waals surface area contributed by atoms with E-state index in [1.54, 1.807) is 42.6 Å². The fraction of sp³-hybridized carbons (Fsp3) is 0.158. The Morgan fingerprint density at radius 2 is 1.93 bits per heavy atom. The third kappa shape index (κ3) is 5.15. The van der Waals surface area contributed by atoms with Gasteiger partial charge in [0.05, 0.1) is 5.02 Å². The largest absolute Gasteiger partial charge is 0.508 e. The Morgan fingerprint density at radius 3 is 2.70 bits per heavy atom. The Labute approximate surface area is 166 Å². The molecule has 27 heavy (non-hydrogen) atoms. The summed E-state index contributed by atoms with van der Waals surface area (Å²) in [6.07, 6.45) is 2.30. The first-order chi connectivity index (χ1) is 13.0. The van der Waals surface area contributed by atoms with Crippen molar-refractivity contribution in [2.75, 3.05) is 6.54 Å². The maximum atomic E-state index is 12.2. The van der Waals surface area contributed by atoms with Gasteiger partial charge in [0, 0.05) is 12.7 Å². The summed E-state index contributed by atoms with van der Waals surface area (Å²) in [5.41, 5.74) is 1.31. The topological polar surface area (TPSA) is 76.4 Å². The lowest BCUT2D eigenvalue weighted by atomic mass is 10.1. The lowest BCUT2D eigenvalue weighted by Gasteiger charge is -2.08. The lowest BCUT2D eigenvalue weighted by Crippen LogP contribution is -2.26. The number of rotatable bonds is 7. The fourth-order valence-electron chi connectivity index (χ4n) is 2.36. The molecule has 0 atom stereocenters. The van der Waals surface area contributed by atoms with E-state index in [9.17, 15) is 9.90 Å². The van der Waals surface area contributed by atoms with E-state index >= 15 is 0 Å². The zero-order chi connectivity index (χ0) is 19.2. The molecule has 1 heterocycles. The Morgan fingerprint density at radius 1 is 1.15 bits per heavy atom. The van der Waals surface area contributed by atoms with Crippen LogP contribution in [0.2, 0.25) is 10.0 Å². The number of carbonyl (C=O) groups is 1. The van der Waals surface area contributed by atoms with Crippen LogP contribution in [0.5, 0.6) is 11.5 Å². The van der Waals surface area contributed by atoms with E-state index in [0.717, 1.165) is 5.56 Å². The van der Waals surface area contributed by atoms with Crippen molar-refractivity contribution in [3.63, 3.8) is 0 Å². The monoisotopic (exact) mass is 405 g/mol. The normalized spacial score (nSPS) is 10.6. The molecule has 1 aromatic heterocycles. The predicted octanol–water partition coefficient (Wildman–Crippen LogP) is 3.90. The average molecular weight is 406 g/mol. The number of amides is 1. The van der Waals surface area contributed by atoms with Gasteiger partial charge in [0.2, 0.25) is 0 Å². The molecule has 0 bridgehead atoms. The van der Waals surface area contributed by atoms with Crippen LogP contribution in [0.3, 0.4) is 0 Å². The summed E-state index contributed by atoms with van der Waals surface area (Å²) in [5.74, 6) is 0.391. The van der Waals surface area contributed by atoms with Crippen LogP contribution in [-0.2, 0) is 13.2 Å². The predicted molar refractivity (Wildman–Crippen MR) is 103 cm³/mol. The Balaban J connectivity index is 1.50. The fourth-order valence-corrected chi connectivity index (χ4v) is 2.71. The van der Waals surface area contributed by atoms with E-state index in [-0.39, 0.29) is 18.4 Å². The molecule has 0 spiro atoms. The number of benzene rings is 2. The van der Waals surface area contributed by atoms with Crippen LogP contribution >= 0.6 is 23.2 Å². The molecule has 0 unspecified atom stereocenters. The quantitative estimate of drug-likeness (QED) is 0.624. The molecule has 0 aliphatic rings. The number of phenols is 1. The SMILES string of the molecule is O=C(NCCc1ccc(O)cc1)c1ccn(COc2cccc(Cl)c2Cl)n1. The summed E-state index contributed by atoms with van der Waals surface area (Å²) in [6, 6.07) is 13.6. The van der Waals surface area contributed by atoms with Crippen molar-refractivity contribution in [3.05, 3.63) is 76.0 Å². The first kappa shape index (κ1) is 19.1. The zero-order valence-electron chi connectivity index (χ0n) is 14.2. The molecule has 0 fully saturated rings.